The number of hydrogen-bond donors (Lipinski definition) is 0. The van der Waals surface area contributed by atoms with Crippen LogP contribution in [-0.2, 0) is 21.7 Å². The molecule has 66 heavy (non-hydrogen) atoms. The average molecular weight is 933 g/mol. The van der Waals surface area contributed by atoms with E-state index >= 15 is 0 Å². The van der Waals surface area contributed by atoms with E-state index in [1.165, 1.54) is 0 Å². The van der Waals surface area contributed by atoms with Crippen LogP contribution in [0.1, 0.15) is 105 Å². The molecule has 10 nitrogen and oxygen atoms in total. The molecule has 8 rings (SSSR count). The SMILES string of the molecule is COc1cc(-c2cc(OC)cc(C(C)(C)C)c2Op2oc3c(C(C)(C)C)cc(OC)cc3c3cc(OC)cc(C(C)(C)C)c3o2)c(OP2Oc3cccc4cccc(c34)O2)c(C(C)(C)C)c1. The van der Waals surface area contributed by atoms with Crippen LogP contribution >= 0.6 is 16.8 Å². The third kappa shape index (κ3) is 8.95. The Bertz CT molecular complexity index is 2910. The third-order valence-corrected chi connectivity index (χ3v) is 13.9. The summed E-state index contributed by atoms with van der Waals surface area (Å²) in [5.41, 5.74) is 4.57. The highest BCUT2D eigenvalue weighted by atomic mass is 31.2. The van der Waals surface area contributed by atoms with Crippen molar-refractivity contribution in [2.75, 3.05) is 28.4 Å². The molecule has 2 heterocycles. The topological polar surface area (TPSA) is 100 Å². The van der Waals surface area contributed by atoms with Gasteiger partial charge in [-0.2, -0.15) is 0 Å². The normalized spacial score (nSPS) is 13.3. The van der Waals surface area contributed by atoms with Crippen molar-refractivity contribution in [2.45, 2.75) is 105 Å². The van der Waals surface area contributed by atoms with Crippen LogP contribution in [-0.4, -0.2) is 28.4 Å². The fourth-order valence-corrected chi connectivity index (χ4v) is 10.5. The second kappa shape index (κ2) is 17.2. The molecule has 1 aromatic heterocycles. The summed E-state index contributed by atoms with van der Waals surface area (Å²) in [5, 5.41) is 3.54. The van der Waals surface area contributed by atoms with Crippen LogP contribution in [0.2, 0.25) is 0 Å². The molecule has 0 aliphatic carbocycles. The molecule has 348 valence electrons. The lowest BCUT2D eigenvalue weighted by molar-refractivity contribution is 0.374. The van der Waals surface area contributed by atoms with Gasteiger partial charge in [0.1, 0.15) is 57.2 Å². The van der Waals surface area contributed by atoms with Gasteiger partial charge in [-0.1, -0.05) is 107 Å². The molecule has 0 atom stereocenters. The zero-order valence-electron chi connectivity index (χ0n) is 41.1. The Morgan fingerprint density at radius 1 is 0.424 bits per heavy atom. The van der Waals surface area contributed by atoms with E-state index in [9.17, 15) is 0 Å². The van der Waals surface area contributed by atoms with E-state index in [0.717, 1.165) is 43.8 Å². The van der Waals surface area contributed by atoms with Crippen LogP contribution in [0.5, 0.6) is 46.0 Å². The Kier molecular flexibility index (Phi) is 12.2. The lowest BCUT2D eigenvalue weighted by Gasteiger charge is -2.30. The summed E-state index contributed by atoms with van der Waals surface area (Å²) < 4.78 is 66.0. The van der Waals surface area contributed by atoms with Crippen LogP contribution in [0.25, 0.3) is 43.8 Å². The fraction of sp³-hybridized carbons (Fsp3) is 0.370. The number of ether oxygens (including phenoxy) is 4. The summed E-state index contributed by atoms with van der Waals surface area (Å²) in [7, 11) is 2.46. The van der Waals surface area contributed by atoms with Crippen molar-refractivity contribution < 1.29 is 45.4 Å². The van der Waals surface area contributed by atoms with Gasteiger partial charge in [0, 0.05) is 44.2 Å². The minimum Gasteiger partial charge on any atom is -0.497 e. The number of methoxy groups -OCH3 is 4. The molecule has 12 heteroatoms. The predicted octanol–water partition coefficient (Wildman–Crippen LogP) is 16.3. The van der Waals surface area contributed by atoms with Crippen LogP contribution in [0.15, 0.2) is 93.3 Å². The predicted molar refractivity (Wildman–Crippen MR) is 268 cm³/mol. The van der Waals surface area contributed by atoms with Crippen molar-refractivity contribution in [3.8, 4) is 57.1 Å². The molecule has 6 aromatic carbocycles. The molecule has 0 saturated heterocycles. The Labute approximate surface area is 391 Å². The Morgan fingerprint density at radius 3 is 1.17 bits per heavy atom. The van der Waals surface area contributed by atoms with Gasteiger partial charge in [0.05, 0.1) is 33.8 Å². The van der Waals surface area contributed by atoms with E-state index in [1.54, 1.807) is 28.4 Å². The Hall–Kier alpha value is -5.69. The largest absolute Gasteiger partial charge is 0.530 e. The highest BCUT2D eigenvalue weighted by molar-refractivity contribution is 7.43. The lowest BCUT2D eigenvalue weighted by Crippen LogP contribution is -2.16. The first-order valence-corrected chi connectivity index (χ1v) is 24.3. The van der Waals surface area contributed by atoms with E-state index in [-0.39, 0.29) is 10.8 Å². The van der Waals surface area contributed by atoms with Crippen LogP contribution in [0, 0.1) is 0 Å². The highest BCUT2D eigenvalue weighted by Gasteiger charge is 2.35. The molecule has 0 unspecified atom stereocenters. The molecule has 0 amide bonds. The number of hydrogen-bond acceptors (Lipinski definition) is 10. The molecule has 0 saturated carbocycles. The van der Waals surface area contributed by atoms with Gasteiger partial charge in [-0.05, 0) is 87.7 Å². The molecule has 1 aliphatic rings. The van der Waals surface area contributed by atoms with Gasteiger partial charge < -0.3 is 45.4 Å². The summed E-state index contributed by atoms with van der Waals surface area (Å²) >= 11 is 0. The van der Waals surface area contributed by atoms with Gasteiger partial charge in [-0.15, -0.1) is 0 Å². The van der Waals surface area contributed by atoms with Crippen molar-refractivity contribution in [1.29, 1.82) is 0 Å². The summed E-state index contributed by atoms with van der Waals surface area (Å²) in [5.74, 6) is 5.11. The highest BCUT2D eigenvalue weighted by Crippen LogP contribution is 2.57. The summed E-state index contributed by atoms with van der Waals surface area (Å²) in [4.78, 5) is 0. The maximum absolute atomic E-state index is 7.42. The molecule has 0 fully saturated rings. The van der Waals surface area contributed by atoms with Gasteiger partial charge in [0.15, 0.2) is 0 Å². The molecule has 0 radical (unpaired) electrons. The second-order valence-electron chi connectivity index (χ2n) is 20.8. The van der Waals surface area contributed by atoms with Gasteiger partial charge in [0.25, 0.3) is 0 Å². The van der Waals surface area contributed by atoms with Gasteiger partial charge in [0.2, 0.25) is 0 Å². The third-order valence-electron chi connectivity index (χ3n) is 11.8. The molecular weight excluding hydrogens is 871 g/mol. The lowest BCUT2D eigenvalue weighted by atomic mass is 9.81. The number of fused-ring (bicyclic) bond motifs is 3. The first kappa shape index (κ1) is 46.8. The number of benzene rings is 6. The smallest absolute Gasteiger partial charge is 0.497 e. The maximum Gasteiger partial charge on any atom is 0.530 e. The Morgan fingerprint density at radius 2 is 0.788 bits per heavy atom. The minimum absolute atomic E-state index is 0.370. The van der Waals surface area contributed by atoms with Crippen LogP contribution < -0.4 is 37.0 Å². The van der Waals surface area contributed by atoms with Crippen molar-refractivity contribution in [3.05, 3.63) is 107 Å². The molecule has 1 aliphatic heterocycles. The zero-order valence-corrected chi connectivity index (χ0v) is 42.8. The molecule has 0 N–H and O–H groups in total. The van der Waals surface area contributed by atoms with Crippen molar-refractivity contribution in [2.24, 2.45) is 0 Å². The van der Waals surface area contributed by atoms with Gasteiger partial charge in [-0.3, -0.25) is 0 Å². The molecular formula is C54H62O10P2. The van der Waals surface area contributed by atoms with Crippen molar-refractivity contribution >= 4 is 49.6 Å². The van der Waals surface area contributed by atoms with Crippen molar-refractivity contribution in [1.82, 2.24) is 0 Å². The molecule has 0 bridgehead atoms. The van der Waals surface area contributed by atoms with E-state index in [4.69, 9.17) is 45.4 Å². The zero-order chi connectivity index (χ0) is 47.7. The van der Waals surface area contributed by atoms with E-state index in [0.29, 0.717) is 68.3 Å². The average Bonchev–Trinajstić information content (AvgIpc) is 3.40. The Balaban J connectivity index is 1.45. The monoisotopic (exact) mass is 932 g/mol. The van der Waals surface area contributed by atoms with E-state index in [1.807, 2.05) is 84.9 Å². The molecule has 7 aromatic rings. The van der Waals surface area contributed by atoms with E-state index < -0.39 is 27.7 Å². The van der Waals surface area contributed by atoms with Crippen LogP contribution in [0.4, 0.5) is 0 Å². The fourth-order valence-electron chi connectivity index (χ4n) is 8.30. The first-order valence-electron chi connectivity index (χ1n) is 22.1. The maximum atomic E-state index is 7.42. The van der Waals surface area contributed by atoms with Crippen molar-refractivity contribution in [3.63, 3.8) is 0 Å². The second-order valence-corrected chi connectivity index (χ2v) is 22.8. The van der Waals surface area contributed by atoms with Gasteiger partial charge >= 0.3 is 16.8 Å². The first-order chi connectivity index (χ1) is 31.0. The summed E-state index contributed by atoms with van der Waals surface area (Å²) in [6, 6.07) is 28.0. The minimum atomic E-state index is -2.24. The quantitative estimate of drug-likeness (QED) is 0.130. The summed E-state index contributed by atoms with van der Waals surface area (Å²) in [6.07, 6.45) is 0. The number of rotatable bonds is 9. The summed E-state index contributed by atoms with van der Waals surface area (Å²) in [6.45, 7) is 25.8. The molecule has 0 spiro atoms. The van der Waals surface area contributed by atoms with E-state index in [2.05, 4.69) is 83.1 Å². The standard InChI is InChI=1S/C54H62O10P2/c1-51(2,3)40-27-32(55-13)23-36(47(40)61-65-59-44-21-17-19-31-20-18-22-45(60-65)46(31)44)37-24-33(56-14)28-41(52(4,5)6)48(37)62-66-63-49-38(25-34(57-15)29-42(49)53(7,8)9)39-26-35(58-16)30-43(50(39)64-66)54(10,11)12/h17-30H,1-16H3. The van der Waals surface area contributed by atoms with Crippen LogP contribution in [0.3, 0.4) is 0 Å². The van der Waals surface area contributed by atoms with Gasteiger partial charge in [-0.25, -0.2) is 0 Å².